The van der Waals surface area contributed by atoms with Crippen molar-refractivity contribution < 1.29 is 72.4 Å². The van der Waals surface area contributed by atoms with Crippen molar-refractivity contribution in [2.45, 2.75) is 206 Å². The van der Waals surface area contributed by atoms with Gasteiger partial charge in [0.25, 0.3) is 0 Å². The average Bonchev–Trinajstić information content (AvgIpc) is 3.23. The summed E-state index contributed by atoms with van der Waals surface area (Å²) in [4.78, 5) is 42.2. The van der Waals surface area contributed by atoms with Gasteiger partial charge in [-0.15, -0.1) is 6.58 Å². The summed E-state index contributed by atoms with van der Waals surface area (Å²) in [7, 11) is 5.31. The Balaban J connectivity index is 2.36. The molecule has 3 N–H and O–H groups in total. The van der Waals surface area contributed by atoms with Crippen LogP contribution in [0.2, 0.25) is 0 Å². The van der Waals surface area contributed by atoms with Crippen molar-refractivity contribution in [2.75, 3.05) is 27.8 Å². The molecule has 3 aliphatic heterocycles. The zero-order valence-electron chi connectivity index (χ0n) is 40.5. The lowest BCUT2D eigenvalue weighted by Gasteiger charge is -2.50. The second-order valence-corrected chi connectivity index (χ2v) is 18.8. The quantitative estimate of drug-likeness (QED) is 0.0674. The summed E-state index contributed by atoms with van der Waals surface area (Å²) >= 11 is 0. The van der Waals surface area contributed by atoms with E-state index in [1.54, 1.807) is 54.5 Å². The lowest BCUT2D eigenvalue weighted by atomic mass is 9.73. The zero-order valence-corrected chi connectivity index (χ0v) is 40.5. The molecule has 63 heavy (non-hydrogen) atoms. The van der Waals surface area contributed by atoms with Crippen molar-refractivity contribution in [3.63, 3.8) is 0 Å². The Morgan fingerprint density at radius 1 is 0.905 bits per heavy atom. The predicted molar refractivity (Wildman–Crippen MR) is 233 cm³/mol. The average molecular weight is 901 g/mol. The number of likely N-dealkylation sites (N-methyl/N-ethyl adjacent to an activating group) is 1. The molecule has 0 radical (unpaired) electrons. The Kier molecular flexibility index (Phi) is 20.0. The van der Waals surface area contributed by atoms with Gasteiger partial charge in [-0.2, -0.15) is 0 Å². The van der Waals surface area contributed by atoms with E-state index in [4.69, 9.17) is 42.6 Å². The molecule has 0 aromatic rings. The number of rotatable bonds is 14. The summed E-state index contributed by atoms with van der Waals surface area (Å²) < 4.78 is 57.9. The van der Waals surface area contributed by atoms with Crippen molar-refractivity contribution in [2.24, 2.45) is 28.8 Å². The Labute approximate surface area is 375 Å². The first-order valence-corrected chi connectivity index (χ1v) is 22.7. The van der Waals surface area contributed by atoms with E-state index >= 15 is 0 Å². The van der Waals surface area contributed by atoms with E-state index in [-0.39, 0.29) is 56.6 Å². The minimum Gasteiger partial charge on any atom is -0.459 e. The van der Waals surface area contributed by atoms with Crippen LogP contribution in [-0.2, 0) is 57.0 Å². The molecular formula is C46H80N2O15. The van der Waals surface area contributed by atoms with Crippen LogP contribution in [0.5, 0.6) is 0 Å². The largest absolute Gasteiger partial charge is 0.459 e. The molecular weight excluding hydrogens is 821 g/mol. The zero-order chi connectivity index (χ0) is 47.8. The van der Waals surface area contributed by atoms with Crippen molar-refractivity contribution in [1.82, 2.24) is 4.90 Å². The highest BCUT2D eigenvalue weighted by Crippen LogP contribution is 2.43. The maximum absolute atomic E-state index is 14.6. The standard InChI is InChI=1S/C46H80N2O15/c1-17-21-56-45(12)23-25(5)36(47-54)27(7)39(51)46(13,53)32(18-2)59-42(52)29(9)37(62-35-24-44(11,55-16)41(30(10)58-35)61-34(50)20-4)28(8)40(45)63-43-38(60-33(49)19-3)31(48(14)15)22-26(6)57-43/h17,25-32,35,37-41,43,51,53-54H,1,18-24H2,2-16H3/b47-36+/t25-,26-,27-,28+,29-,30+,31+,32+,35+,37+,38-,39-,40-,41+,43+,44-,45+,46-/m1/s1. The summed E-state index contributed by atoms with van der Waals surface area (Å²) in [6, 6.07) is -0.309. The third-order valence-electron chi connectivity index (χ3n) is 13.5. The number of hydrogen-bond acceptors (Lipinski definition) is 17. The highest BCUT2D eigenvalue weighted by Gasteiger charge is 2.55. The first-order valence-electron chi connectivity index (χ1n) is 22.7. The van der Waals surface area contributed by atoms with Gasteiger partial charge >= 0.3 is 17.9 Å². The van der Waals surface area contributed by atoms with Gasteiger partial charge in [0.1, 0.15) is 17.3 Å². The number of carbonyl (C=O) groups is 3. The van der Waals surface area contributed by atoms with Crippen LogP contribution in [0.4, 0.5) is 0 Å². The Bertz CT molecular complexity index is 1540. The van der Waals surface area contributed by atoms with Crippen LogP contribution in [0.3, 0.4) is 0 Å². The smallest absolute Gasteiger partial charge is 0.311 e. The number of oxime groups is 1. The molecule has 364 valence electrons. The van der Waals surface area contributed by atoms with Gasteiger partial charge in [0.15, 0.2) is 24.8 Å². The number of aliphatic hydroxyl groups is 2. The van der Waals surface area contributed by atoms with E-state index in [0.29, 0.717) is 6.42 Å². The van der Waals surface area contributed by atoms with Crippen LogP contribution in [0, 0.1) is 23.7 Å². The monoisotopic (exact) mass is 901 g/mol. The van der Waals surface area contributed by atoms with E-state index in [0.717, 1.165) is 0 Å². The van der Waals surface area contributed by atoms with E-state index in [9.17, 15) is 29.8 Å². The molecule has 3 rings (SSSR count). The maximum Gasteiger partial charge on any atom is 0.311 e. The lowest BCUT2D eigenvalue weighted by molar-refractivity contribution is -0.321. The van der Waals surface area contributed by atoms with Crippen molar-refractivity contribution in [1.29, 1.82) is 0 Å². The third-order valence-corrected chi connectivity index (χ3v) is 13.5. The van der Waals surface area contributed by atoms with E-state index in [2.05, 4.69) is 11.7 Å². The fourth-order valence-electron chi connectivity index (χ4n) is 9.75. The van der Waals surface area contributed by atoms with Crippen LogP contribution in [0.1, 0.15) is 122 Å². The van der Waals surface area contributed by atoms with Gasteiger partial charge < -0.3 is 63.0 Å². The SMILES string of the molecule is C=CCO[C@@]1(C)C[C@@H](C)/C(=N\O)[C@@H](C)[C@@H](O)[C@](C)(O)[C@H](CC)OC(=O)[C@H](C)[C@@H](O[C@H]2C[C@@](C)(OC)[C@@H](OC(=O)CC)[C@H](C)O2)[C@H](C)[C@H]1O[C@@H]1O[C@H](C)C[C@H](N(C)C)[C@H]1OC(=O)CC. The number of ether oxygens (including phenoxy) is 9. The second kappa shape index (κ2) is 23.1. The summed E-state index contributed by atoms with van der Waals surface area (Å²) in [5, 5.41) is 38.0. The Hall–Kier alpha value is -2.74. The topological polar surface area (TPSA) is 211 Å². The number of methoxy groups -OCH3 is 1. The van der Waals surface area contributed by atoms with Gasteiger partial charge in [-0.25, -0.2) is 0 Å². The van der Waals surface area contributed by atoms with Gasteiger partial charge in [0, 0.05) is 44.1 Å². The second-order valence-electron chi connectivity index (χ2n) is 18.8. The van der Waals surface area contributed by atoms with Gasteiger partial charge in [0.2, 0.25) is 0 Å². The molecule has 17 nitrogen and oxygen atoms in total. The molecule has 3 heterocycles. The molecule has 0 aliphatic carbocycles. The first-order chi connectivity index (χ1) is 29.4. The van der Waals surface area contributed by atoms with Crippen LogP contribution in [0.15, 0.2) is 17.8 Å². The number of hydrogen-bond donors (Lipinski definition) is 3. The minimum atomic E-state index is -1.99. The van der Waals surface area contributed by atoms with Crippen LogP contribution >= 0.6 is 0 Å². The molecule has 17 heteroatoms. The molecule has 0 spiro atoms. The summed E-state index contributed by atoms with van der Waals surface area (Å²) in [5.41, 5.74) is -4.25. The molecule has 0 amide bonds. The Morgan fingerprint density at radius 2 is 1.52 bits per heavy atom. The molecule has 0 aromatic heterocycles. The molecule has 18 atom stereocenters. The molecule has 3 aliphatic rings. The Morgan fingerprint density at radius 3 is 2.06 bits per heavy atom. The van der Waals surface area contributed by atoms with Crippen molar-refractivity contribution >= 4 is 23.6 Å². The van der Waals surface area contributed by atoms with E-state index < -0.39 is 114 Å². The van der Waals surface area contributed by atoms with E-state index in [1.807, 2.05) is 46.7 Å². The minimum absolute atomic E-state index is 0.0411. The fraction of sp³-hybridized carbons (Fsp3) is 0.870. The molecule has 0 unspecified atom stereocenters. The number of carbonyl (C=O) groups excluding carboxylic acids is 3. The number of nitrogens with zero attached hydrogens (tertiary/aromatic N) is 2. The highest BCUT2D eigenvalue weighted by atomic mass is 16.7. The molecule has 0 saturated carbocycles. The summed E-state index contributed by atoms with van der Waals surface area (Å²) in [6.45, 7) is 24.7. The molecule has 3 saturated heterocycles. The lowest BCUT2D eigenvalue weighted by Crippen LogP contribution is -2.62. The number of aliphatic hydroxyl groups excluding tert-OH is 1. The van der Waals surface area contributed by atoms with Crippen LogP contribution in [0.25, 0.3) is 0 Å². The van der Waals surface area contributed by atoms with Gasteiger partial charge in [-0.05, 0) is 74.9 Å². The summed E-state index contributed by atoms with van der Waals surface area (Å²) in [6.07, 6.45) is -7.06. The molecule has 0 aromatic carbocycles. The van der Waals surface area contributed by atoms with Gasteiger partial charge in [-0.1, -0.05) is 52.8 Å². The van der Waals surface area contributed by atoms with Crippen molar-refractivity contribution in [3.8, 4) is 0 Å². The van der Waals surface area contributed by atoms with E-state index in [1.165, 1.54) is 14.0 Å². The number of esters is 3. The van der Waals surface area contributed by atoms with Gasteiger partial charge in [0.05, 0.1) is 60.4 Å². The predicted octanol–water partition coefficient (Wildman–Crippen LogP) is 5.18. The maximum atomic E-state index is 14.6. The fourth-order valence-corrected chi connectivity index (χ4v) is 9.75. The summed E-state index contributed by atoms with van der Waals surface area (Å²) in [5.74, 6) is -5.04. The molecule has 3 fully saturated rings. The third kappa shape index (κ3) is 12.8. The normalized spacial score (nSPS) is 42.9. The van der Waals surface area contributed by atoms with Crippen LogP contribution < -0.4 is 0 Å². The highest BCUT2D eigenvalue weighted by molar-refractivity contribution is 5.88. The number of cyclic esters (lactones) is 1. The van der Waals surface area contributed by atoms with Crippen LogP contribution in [-0.4, -0.2) is 156 Å². The van der Waals surface area contributed by atoms with Crippen molar-refractivity contribution in [3.05, 3.63) is 12.7 Å². The van der Waals surface area contributed by atoms with Gasteiger partial charge in [-0.3, -0.25) is 14.4 Å². The molecule has 0 bridgehead atoms. The first kappa shape index (κ1) is 54.6.